The van der Waals surface area contributed by atoms with E-state index in [9.17, 15) is 4.79 Å². The fourth-order valence-electron chi connectivity index (χ4n) is 2.34. The van der Waals surface area contributed by atoms with E-state index in [0.717, 1.165) is 18.4 Å². The maximum atomic E-state index is 12.4. The van der Waals surface area contributed by atoms with Crippen LogP contribution in [-0.2, 0) is 6.42 Å². The molecule has 0 saturated heterocycles. The maximum absolute atomic E-state index is 12.4. The van der Waals surface area contributed by atoms with Crippen molar-refractivity contribution in [1.29, 1.82) is 0 Å². The van der Waals surface area contributed by atoms with Gasteiger partial charge in [-0.15, -0.1) is 0 Å². The molecule has 0 aliphatic heterocycles. The molecule has 0 fully saturated rings. The predicted octanol–water partition coefficient (Wildman–Crippen LogP) is 4.39. The Kier molecular flexibility index (Phi) is 6.62. The van der Waals surface area contributed by atoms with E-state index in [4.69, 9.17) is 4.74 Å². The van der Waals surface area contributed by atoms with E-state index in [1.54, 1.807) is 12.1 Å². The number of rotatable bonds is 8. The average molecular weight is 323 g/mol. The largest absolute Gasteiger partial charge is 0.489 e. The van der Waals surface area contributed by atoms with E-state index in [1.807, 2.05) is 44.2 Å². The molecule has 0 aromatic heterocycles. The van der Waals surface area contributed by atoms with Crippen LogP contribution in [0, 0.1) is 0 Å². The van der Waals surface area contributed by atoms with Gasteiger partial charge in [0.25, 0.3) is 5.91 Å². The molecule has 0 spiro atoms. The van der Waals surface area contributed by atoms with Crippen LogP contribution in [0.1, 0.15) is 36.2 Å². The number of hydrogen-bond donors (Lipinski definition) is 1. The first-order valence-electron chi connectivity index (χ1n) is 8.26. The summed E-state index contributed by atoms with van der Waals surface area (Å²) in [7, 11) is 0. The highest BCUT2D eigenvalue weighted by atomic mass is 16.5. The molecule has 3 nitrogen and oxygen atoms in total. The van der Waals surface area contributed by atoms with Crippen molar-refractivity contribution in [3.05, 3.63) is 77.9 Å². The van der Waals surface area contributed by atoms with Crippen molar-refractivity contribution in [2.75, 3.05) is 6.61 Å². The van der Waals surface area contributed by atoms with Gasteiger partial charge in [0.2, 0.25) is 0 Å². The van der Waals surface area contributed by atoms with Gasteiger partial charge in [0, 0.05) is 11.6 Å². The number of benzene rings is 2. The Morgan fingerprint density at radius 2 is 1.92 bits per heavy atom. The van der Waals surface area contributed by atoms with Crippen molar-refractivity contribution in [1.82, 2.24) is 5.32 Å². The van der Waals surface area contributed by atoms with Crippen LogP contribution in [0.4, 0.5) is 0 Å². The van der Waals surface area contributed by atoms with Crippen LogP contribution in [0.2, 0.25) is 0 Å². The molecule has 0 bridgehead atoms. The van der Waals surface area contributed by atoms with Gasteiger partial charge in [-0.2, -0.15) is 0 Å². The van der Waals surface area contributed by atoms with E-state index >= 15 is 0 Å². The van der Waals surface area contributed by atoms with E-state index in [-0.39, 0.29) is 11.9 Å². The monoisotopic (exact) mass is 323 g/mol. The second kappa shape index (κ2) is 8.92. The summed E-state index contributed by atoms with van der Waals surface area (Å²) < 4.78 is 5.59. The van der Waals surface area contributed by atoms with Gasteiger partial charge >= 0.3 is 0 Å². The molecule has 1 amide bonds. The lowest BCUT2D eigenvalue weighted by Crippen LogP contribution is -2.32. The average Bonchev–Trinajstić information content (AvgIpc) is 2.59. The van der Waals surface area contributed by atoms with Gasteiger partial charge in [-0.3, -0.25) is 4.79 Å². The summed E-state index contributed by atoms with van der Waals surface area (Å²) in [6.07, 6.45) is 1.85. The van der Waals surface area contributed by atoms with E-state index in [1.165, 1.54) is 5.56 Å². The summed E-state index contributed by atoms with van der Waals surface area (Å²) in [5, 5.41) is 3.05. The van der Waals surface area contributed by atoms with Crippen LogP contribution < -0.4 is 10.1 Å². The molecule has 2 rings (SSSR count). The third-order valence-electron chi connectivity index (χ3n) is 3.67. The quantitative estimate of drug-likeness (QED) is 0.732. The Hall–Kier alpha value is -2.55. The molecule has 3 heteroatoms. The molecule has 0 aliphatic carbocycles. The minimum Gasteiger partial charge on any atom is -0.489 e. The van der Waals surface area contributed by atoms with Gasteiger partial charge in [-0.25, -0.2) is 0 Å². The number of nitrogens with one attached hydrogen (secondary N) is 1. The molecule has 2 aromatic rings. The van der Waals surface area contributed by atoms with Crippen LogP contribution in [0.5, 0.6) is 5.75 Å². The second-order valence-corrected chi connectivity index (χ2v) is 6.17. The zero-order chi connectivity index (χ0) is 17.4. The zero-order valence-corrected chi connectivity index (χ0v) is 14.4. The summed E-state index contributed by atoms with van der Waals surface area (Å²) >= 11 is 0. The van der Waals surface area contributed by atoms with Crippen molar-refractivity contribution < 1.29 is 9.53 Å². The SMILES string of the molecule is C=C(C)COc1cccc(C(=O)N[C@@H](C)CCc2ccccc2)c1. The standard InChI is InChI=1S/C21H25NO2/c1-16(2)15-24-20-11-7-10-19(14-20)21(23)22-17(3)12-13-18-8-5-4-6-9-18/h4-11,14,17H,1,12-13,15H2,2-3H3,(H,22,23)/t17-/m0/s1. The molecule has 126 valence electrons. The molecule has 0 heterocycles. The van der Waals surface area contributed by atoms with E-state index in [0.29, 0.717) is 17.9 Å². The zero-order valence-electron chi connectivity index (χ0n) is 14.4. The number of ether oxygens (including phenoxy) is 1. The third-order valence-corrected chi connectivity index (χ3v) is 3.67. The fraction of sp³-hybridized carbons (Fsp3) is 0.286. The summed E-state index contributed by atoms with van der Waals surface area (Å²) in [4.78, 5) is 12.4. The first-order valence-corrected chi connectivity index (χ1v) is 8.26. The predicted molar refractivity (Wildman–Crippen MR) is 98.4 cm³/mol. The van der Waals surface area contributed by atoms with Gasteiger partial charge < -0.3 is 10.1 Å². The molecule has 0 saturated carbocycles. The summed E-state index contributed by atoms with van der Waals surface area (Å²) in [6.45, 7) is 8.20. The second-order valence-electron chi connectivity index (χ2n) is 6.17. The number of aryl methyl sites for hydroxylation is 1. The Morgan fingerprint density at radius 1 is 1.17 bits per heavy atom. The summed E-state index contributed by atoms with van der Waals surface area (Å²) in [6, 6.07) is 17.7. The Balaban J connectivity index is 1.87. The molecule has 1 N–H and O–H groups in total. The molecule has 24 heavy (non-hydrogen) atoms. The lowest BCUT2D eigenvalue weighted by Gasteiger charge is -2.14. The van der Waals surface area contributed by atoms with E-state index < -0.39 is 0 Å². The fourth-order valence-corrected chi connectivity index (χ4v) is 2.34. The minimum atomic E-state index is -0.0728. The lowest BCUT2D eigenvalue weighted by molar-refractivity contribution is 0.0938. The van der Waals surface area contributed by atoms with Gasteiger partial charge in [0.05, 0.1) is 0 Å². The van der Waals surface area contributed by atoms with E-state index in [2.05, 4.69) is 24.0 Å². The Labute approximate surface area is 144 Å². The third kappa shape index (κ3) is 5.92. The number of hydrogen-bond acceptors (Lipinski definition) is 2. The summed E-state index contributed by atoms with van der Waals surface area (Å²) in [5.74, 6) is 0.610. The maximum Gasteiger partial charge on any atom is 0.251 e. The van der Waals surface area contributed by atoms with Crippen molar-refractivity contribution in [3.63, 3.8) is 0 Å². The van der Waals surface area contributed by atoms with Crippen LogP contribution in [0.3, 0.4) is 0 Å². The molecule has 1 atom stereocenters. The highest BCUT2D eigenvalue weighted by Crippen LogP contribution is 2.14. The van der Waals surface area contributed by atoms with Gasteiger partial charge in [0.1, 0.15) is 12.4 Å². The Bertz CT molecular complexity index is 679. The van der Waals surface area contributed by atoms with Crippen LogP contribution >= 0.6 is 0 Å². The van der Waals surface area contributed by atoms with Crippen LogP contribution in [-0.4, -0.2) is 18.6 Å². The first-order chi connectivity index (χ1) is 11.5. The smallest absolute Gasteiger partial charge is 0.251 e. The number of amides is 1. The molecule has 2 aromatic carbocycles. The van der Waals surface area contributed by atoms with Crippen molar-refractivity contribution in [2.24, 2.45) is 0 Å². The highest BCUT2D eigenvalue weighted by molar-refractivity contribution is 5.94. The van der Waals surface area contributed by atoms with Crippen LogP contribution in [0.25, 0.3) is 0 Å². The normalized spacial score (nSPS) is 11.6. The number of carbonyl (C=O) groups is 1. The Morgan fingerprint density at radius 3 is 2.62 bits per heavy atom. The molecular formula is C21H25NO2. The number of carbonyl (C=O) groups excluding carboxylic acids is 1. The van der Waals surface area contributed by atoms with Crippen molar-refractivity contribution >= 4 is 5.91 Å². The summed E-state index contributed by atoms with van der Waals surface area (Å²) in [5.41, 5.74) is 2.84. The van der Waals surface area contributed by atoms with Gasteiger partial charge in [-0.05, 0) is 56.0 Å². The van der Waals surface area contributed by atoms with Gasteiger partial charge in [0.15, 0.2) is 0 Å². The topological polar surface area (TPSA) is 38.3 Å². The molecule has 0 aliphatic rings. The lowest BCUT2D eigenvalue weighted by atomic mass is 10.1. The molecule has 0 unspecified atom stereocenters. The van der Waals surface area contributed by atoms with Crippen LogP contribution in [0.15, 0.2) is 66.7 Å². The highest BCUT2D eigenvalue weighted by Gasteiger charge is 2.10. The first kappa shape index (κ1) is 17.8. The molecule has 0 radical (unpaired) electrons. The van der Waals surface area contributed by atoms with Gasteiger partial charge in [-0.1, -0.05) is 43.0 Å². The van der Waals surface area contributed by atoms with Crippen molar-refractivity contribution in [3.8, 4) is 5.75 Å². The van der Waals surface area contributed by atoms with Crippen molar-refractivity contribution in [2.45, 2.75) is 32.7 Å². The molecular weight excluding hydrogens is 298 g/mol. The minimum absolute atomic E-state index is 0.0728.